The Hall–Kier alpha value is -2.14. The predicted octanol–water partition coefficient (Wildman–Crippen LogP) is 4.15. The van der Waals surface area contributed by atoms with E-state index in [0.29, 0.717) is 17.2 Å². The lowest BCUT2D eigenvalue weighted by atomic mass is 10.1. The minimum Gasteiger partial charge on any atom is -0.423 e. The molecule has 0 aliphatic rings. The van der Waals surface area contributed by atoms with E-state index in [1.807, 2.05) is 37.3 Å². The van der Waals surface area contributed by atoms with Crippen LogP contribution < -0.4 is 10.9 Å². The summed E-state index contributed by atoms with van der Waals surface area (Å²) in [5.41, 5.74) is 3.26. The predicted molar refractivity (Wildman–Crippen MR) is 107 cm³/mol. The molecular weight excluding hydrogens is 348 g/mol. The molecule has 0 bridgehead atoms. The zero-order valence-electron chi connectivity index (χ0n) is 15.3. The molecule has 0 fully saturated rings. The lowest BCUT2D eigenvalue weighted by Gasteiger charge is -2.25. The van der Waals surface area contributed by atoms with E-state index >= 15 is 0 Å². The number of nitrogens with one attached hydrogen (secondary N) is 1. The van der Waals surface area contributed by atoms with Crippen LogP contribution in [0.1, 0.15) is 22.7 Å². The van der Waals surface area contributed by atoms with Gasteiger partial charge in [-0.25, -0.2) is 4.79 Å². The molecule has 1 atom stereocenters. The normalized spacial score (nSPS) is 12.7. The number of aryl methyl sites for hydroxylation is 1. The van der Waals surface area contributed by atoms with Gasteiger partial charge in [-0.15, -0.1) is 0 Å². The number of fused-ring (bicyclic) bond motifs is 1. The number of likely N-dealkylation sites (N-methyl/N-ethyl adjacent to an activating group) is 1. The Balaban J connectivity index is 1.81. The molecule has 0 radical (unpaired) electrons. The molecule has 0 spiro atoms. The molecule has 2 aromatic carbocycles. The van der Waals surface area contributed by atoms with Gasteiger partial charge in [0.05, 0.1) is 0 Å². The highest BCUT2D eigenvalue weighted by Gasteiger charge is 2.14. The van der Waals surface area contributed by atoms with Crippen molar-refractivity contribution in [2.75, 3.05) is 20.6 Å². The van der Waals surface area contributed by atoms with Crippen molar-refractivity contribution in [1.82, 2.24) is 10.2 Å². The summed E-state index contributed by atoms with van der Waals surface area (Å²) < 4.78 is 5.32. The first-order valence-electron chi connectivity index (χ1n) is 8.60. The third-order valence-corrected chi connectivity index (χ3v) is 4.98. The third-order valence-electron chi connectivity index (χ3n) is 4.57. The van der Waals surface area contributed by atoms with E-state index in [2.05, 4.69) is 36.4 Å². The highest BCUT2D eigenvalue weighted by atomic mass is 35.5. The SMILES string of the molecule is Cc1cc2oc(=O)cc(CNC[C@H](c3ccccc3)N(C)C)c2cc1Cl. The Bertz CT molecular complexity index is 951. The van der Waals surface area contributed by atoms with Crippen molar-refractivity contribution in [3.8, 4) is 0 Å². The number of halogens is 1. The Morgan fingerprint density at radius 2 is 1.88 bits per heavy atom. The largest absolute Gasteiger partial charge is 0.423 e. The lowest BCUT2D eigenvalue weighted by Crippen LogP contribution is -2.31. The molecule has 4 nitrogen and oxygen atoms in total. The molecule has 0 unspecified atom stereocenters. The molecule has 0 aliphatic heterocycles. The minimum absolute atomic E-state index is 0.244. The molecule has 0 amide bonds. The Morgan fingerprint density at radius 1 is 1.15 bits per heavy atom. The van der Waals surface area contributed by atoms with Gasteiger partial charge in [-0.2, -0.15) is 0 Å². The van der Waals surface area contributed by atoms with Crippen LogP contribution in [0.25, 0.3) is 11.0 Å². The molecular formula is C21H23ClN2O2. The lowest BCUT2D eigenvalue weighted by molar-refractivity contribution is 0.288. The van der Waals surface area contributed by atoms with Crippen LogP contribution >= 0.6 is 11.6 Å². The van der Waals surface area contributed by atoms with Crippen LogP contribution in [0.5, 0.6) is 0 Å². The zero-order chi connectivity index (χ0) is 18.7. The van der Waals surface area contributed by atoms with Crippen LogP contribution in [0.3, 0.4) is 0 Å². The first-order valence-corrected chi connectivity index (χ1v) is 8.98. The maximum atomic E-state index is 11.9. The van der Waals surface area contributed by atoms with Gasteiger partial charge in [0.2, 0.25) is 0 Å². The van der Waals surface area contributed by atoms with Crippen molar-refractivity contribution in [3.63, 3.8) is 0 Å². The second-order valence-corrected chi connectivity index (χ2v) is 7.12. The van der Waals surface area contributed by atoms with Crippen LogP contribution in [0.4, 0.5) is 0 Å². The van der Waals surface area contributed by atoms with E-state index in [4.69, 9.17) is 16.0 Å². The van der Waals surface area contributed by atoms with Crippen molar-refractivity contribution in [3.05, 3.63) is 80.7 Å². The van der Waals surface area contributed by atoms with Crippen LogP contribution in [-0.2, 0) is 6.54 Å². The van der Waals surface area contributed by atoms with E-state index in [9.17, 15) is 4.79 Å². The van der Waals surface area contributed by atoms with E-state index in [-0.39, 0.29) is 11.7 Å². The molecule has 1 aromatic heterocycles. The highest BCUT2D eigenvalue weighted by Crippen LogP contribution is 2.25. The Morgan fingerprint density at radius 3 is 2.58 bits per heavy atom. The first-order chi connectivity index (χ1) is 12.5. The average Bonchev–Trinajstić information content (AvgIpc) is 2.60. The molecule has 26 heavy (non-hydrogen) atoms. The van der Waals surface area contributed by atoms with Crippen molar-refractivity contribution in [2.24, 2.45) is 0 Å². The van der Waals surface area contributed by atoms with Gasteiger partial charge in [0.25, 0.3) is 0 Å². The zero-order valence-corrected chi connectivity index (χ0v) is 16.0. The molecule has 1 heterocycles. The van der Waals surface area contributed by atoms with Crippen LogP contribution in [-0.4, -0.2) is 25.5 Å². The second kappa shape index (κ2) is 8.04. The standard InChI is InChI=1S/C21H23ClN2O2/c1-14-9-20-17(11-18(14)22)16(10-21(25)26-20)12-23-13-19(24(2)3)15-7-5-4-6-8-15/h4-11,19,23H,12-13H2,1-3H3/t19-/m1/s1. The van der Waals surface area contributed by atoms with Crippen molar-refractivity contribution >= 4 is 22.6 Å². The fourth-order valence-electron chi connectivity index (χ4n) is 3.11. The minimum atomic E-state index is -0.344. The number of hydrogen-bond acceptors (Lipinski definition) is 4. The van der Waals surface area contributed by atoms with Gasteiger partial charge in [-0.1, -0.05) is 41.9 Å². The molecule has 5 heteroatoms. The molecule has 1 N–H and O–H groups in total. The van der Waals surface area contributed by atoms with E-state index in [0.717, 1.165) is 23.1 Å². The third kappa shape index (κ3) is 4.15. The second-order valence-electron chi connectivity index (χ2n) is 6.71. The van der Waals surface area contributed by atoms with Crippen molar-refractivity contribution < 1.29 is 4.42 Å². The van der Waals surface area contributed by atoms with Crippen molar-refractivity contribution in [1.29, 1.82) is 0 Å². The summed E-state index contributed by atoms with van der Waals surface area (Å²) in [6.45, 7) is 3.23. The van der Waals surface area contributed by atoms with E-state index in [1.54, 1.807) is 0 Å². The number of hydrogen-bond donors (Lipinski definition) is 1. The number of benzene rings is 2. The summed E-state index contributed by atoms with van der Waals surface area (Å²) in [4.78, 5) is 14.1. The summed E-state index contributed by atoms with van der Waals surface area (Å²) in [6, 6.07) is 15.8. The summed E-state index contributed by atoms with van der Waals surface area (Å²) in [5.74, 6) is 0. The molecule has 3 aromatic rings. The maximum Gasteiger partial charge on any atom is 0.336 e. The summed E-state index contributed by atoms with van der Waals surface area (Å²) >= 11 is 6.26. The van der Waals surface area contributed by atoms with Gasteiger partial charge in [-0.3, -0.25) is 0 Å². The van der Waals surface area contributed by atoms with E-state index in [1.165, 1.54) is 11.6 Å². The number of rotatable bonds is 6. The Labute approximate surface area is 158 Å². The van der Waals surface area contributed by atoms with Gasteiger partial charge in [0.15, 0.2) is 0 Å². The summed E-state index contributed by atoms with van der Waals surface area (Å²) in [7, 11) is 4.13. The molecule has 0 aliphatic carbocycles. The molecule has 136 valence electrons. The van der Waals surface area contributed by atoms with Crippen LogP contribution in [0.15, 0.2) is 57.7 Å². The van der Waals surface area contributed by atoms with Gasteiger partial charge in [0.1, 0.15) is 5.58 Å². The van der Waals surface area contributed by atoms with Crippen LogP contribution in [0.2, 0.25) is 5.02 Å². The average molecular weight is 371 g/mol. The van der Waals surface area contributed by atoms with Gasteiger partial charge in [0, 0.05) is 35.6 Å². The maximum absolute atomic E-state index is 11.9. The smallest absolute Gasteiger partial charge is 0.336 e. The fourth-order valence-corrected chi connectivity index (χ4v) is 3.28. The summed E-state index contributed by atoms with van der Waals surface area (Å²) in [5, 5.41) is 5.01. The molecule has 3 rings (SSSR count). The van der Waals surface area contributed by atoms with Gasteiger partial charge < -0.3 is 14.6 Å². The van der Waals surface area contributed by atoms with Gasteiger partial charge >= 0.3 is 5.63 Å². The Kier molecular flexibility index (Phi) is 5.77. The van der Waals surface area contributed by atoms with Crippen molar-refractivity contribution in [2.45, 2.75) is 19.5 Å². The van der Waals surface area contributed by atoms with Crippen LogP contribution in [0, 0.1) is 6.92 Å². The van der Waals surface area contributed by atoms with Gasteiger partial charge in [-0.05, 0) is 49.8 Å². The van der Waals surface area contributed by atoms with E-state index < -0.39 is 0 Å². The quantitative estimate of drug-likeness (QED) is 0.662. The fraction of sp³-hybridized carbons (Fsp3) is 0.286. The molecule has 0 saturated carbocycles. The highest BCUT2D eigenvalue weighted by molar-refractivity contribution is 6.32. The topological polar surface area (TPSA) is 45.5 Å². The molecule has 0 saturated heterocycles. The summed E-state index contributed by atoms with van der Waals surface area (Å²) in [6.07, 6.45) is 0. The first kappa shape index (κ1) is 18.6. The monoisotopic (exact) mass is 370 g/mol. The number of nitrogens with zero attached hydrogens (tertiary/aromatic N) is 1.